The SMILES string of the molecule is C=C(C)C(Cl)CC/C(C)=C/CC/C(C)=C/CCC(C)=O. The summed E-state index contributed by atoms with van der Waals surface area (Å²) in [6.45, 7) is 11.8. The molecule has 0 aromatic rings. The van der Waals surface area contributed by atoms with Crippen LogP contribution in [0, 0.1) is 0 Å². The molecule has 1 nitrogen and oxygen atoms in total. The number of Topliss-reactive ketones (excluding diaryl/α,β-unsaturated/α-hetero) is 1. The minimum atomic E-state index is 0.0894. The van der Waals surface area contributed by atoms with Crippen LogP contribution in [-0.2, 0) is 4.79 Å². The lowest BCUT2D eigenvalue weighted by atomic mass is 10.0. The van der Waals surface area contributed by atoms with Crippen molar-refractivity contribution in [1.82, 2.24) is 0 Å². The van der Waals surface area contributed by atoms with Gasteiger partial charge in [0, 0.05) is 6.42 Å². The molecule has 0 radical (unpaired) electrons. The molecule has 0 heterocycles. The summed E-state index contributed by atoms with van der Waals surface area (Å²) in [7, 11) is 0. The summed E-state index contributed by atoms with van der Waals surface area (Å²) >= 11 is 6.16. The fourth-order valence-electron chi connectivity index (χ4n) is 1.87. The molecule has 1 atom stereocenters. The molecule has 0 bridgehead atoms. The number of ketones is 1. The summed E-state index contributed by atoms with van der Waals surface area (Å²) in [4.78, 5) is 10.8. The van der Waals surface area contributed by atoms with Crippen molar-refractivity contribution in [2.45, 2.75) is 71.6 Å². The normalized spacial score (nSPS) is 14.2. The minimum absolute atomic E-state index is 0.0894. The molecule has 0 spiro atoms. The second-order valence-corrected chi connectivity index (χ2v) is 6.26. The second kappa shape index (κ2) is 10.9. The lowest BCUT2D eigenvalue weighted by Gasteiger charge is -2.08. The van der Waals surface area contributed by atoms with Gasteiger partial charge >= 0.3 is 0 Å². The van der Waals surface area contributed by atoms with E-state index < -0.39 is 0 Å². The third kappa shape index (κ3) is 11.0. The van der Waals surface area contributed by atoms with Crippen molar-refractivity contribution in [3.8, 4) is 0 Å². The summed E-state index contributed by atoms with van der Waals surface area (Å²) in [5, 5.41) is 0.0894. The third-order valence-corrected chi connectivity index (χ3v) is 3.94. The predicted octanol–water partition coefficient (Wildman–Crippen LogP) is 5.99. The van der Waals surface area contributed by atoms with Crippen LogP contribution in [0.15, 0.2) is 35.5 Å². The summed E-state index contributed by atoms with van der Waals surface area (Å²) in [5.74, 6) is 0.262. The van der Waals surface area contributed by atoms with E-state index in [-0.39, 0.29) is 11.2 Å². The molecular weight excluding hydrogens is 268 g/mol. The molecule has 0 aliphatic carbocycles. The van der Waals surface area contributed by atoms with Gasteiger partial charge in [-0.2, -0.15) is 0 Å². The van der Waals surface area contributed by atoms with Crippen LogP contribution < -0.4 is 0 Å². The highest BCUT2D eigenvalue weighted by atomic mass is 35.5. The molecule has 0 rings (SSSR count). The topological polar surface area (TPSA) is 17.1 Å². The van der Waals surface area contributed by atoms with Gasteiger partial charge in [0.15, 0.2) is 0 Å². The maximum absolute atomic E-state index is 10.8. The Morgan fingerprint density at radius 2 is 1.50 bits per heavy atom. The summed E-state index contributed by atoms with van der Waals surface area (Å²) in [6, 6.07) is 0. The Labute approximate surface area is 129 Å². The number of allylic oxidation sites excluding steroid dienone is 5. The van der Waals surface area contributed by atoms with Gasteiger partial charge in [-0.3, -0.25) is 0 Å². The zero-order valence-corrected chi connectivity index (χ0v) is 14.2. The maximum atomic E-state index is 10.8. The van der Waals surface area contributed by atoms with Gasteiger partial charge in [0.25, 0.3) is 0 Å². The Hall–Kier alpha value is -0.820. The molecule has 20 heavy (non-hydrogen) atoms. The lowest BCUT2D eigenvalue weighted by molar-refractivity contribution is -0.116. The summed E-state index contributed by atoms with van der Waals surface area (Å²) in [6.07, 6.45) is 10.1. The van der Waals surface area contributed by atoms with Crippen LogP contribution >= 0.6 is 11.6 Å². The van der Waals surface area contributed by atoms with Crippen molar-refractivity contribution in [3.05, 3.63) is 35.5 Å². The van der Waals surface area contributed by atoms with Gasteiger partial charge in [-0.1, -0.05) is 35.5 Å². The van der Waals surface area contributed by atoms with Crippen molar-refractivity contribution in [3.63, 3.8) is 0 Å². The Bertz CT molecular complexity index is 377. The van der Waals surface area contributed by atoms with Crippen molar-refractivity contribution in [2.24, 2.45) is 0 Å². The molecule has 0 fully saturated rings. The van der Waals surface area contributed by atoms with E-state index in [0.717, 1.165) is 37.7 Å². The zero-order valence-electron chi connectivity index (χ0n) is 13.5. The summed E-state index contributed by atoms with van der Waals surface area (Å²) in [5.41, 5.74) is 3.81. The van der Waals surface area contributed by atoms with Crippen LogP contribution in [0.2, 0.25) is 0 Å². The predicted molar refractivity (Wildman–Crippen MR) is 90.4 cm³/mol. The first-order valence-corrected chi connectivity index (χ1v) is 7.86. The molecule has 114 valence electrons. The van der Waals surface area contributed by atoms with Gasteiger partial charge in [-0.15, -0.1) is 11.6 Å². The van der Waals surface area contributed by atoms with E-state index >= 15 is 0 Å². The van der Waals surface area contributed by atoms with Crippen molar-refractivity contribution in [1.29, 1.82) is 0 Å². The molecule has 0 aliphatic heterocycles. The van der Waals surface area contributed by atoms with Crippen LogP contribution in [0.3, 0.4) is 0 Å². The molecule has 0 aliphatic rings. The second-order valence-electron chi connectivity index (χ2n) is 5.73. The molecule has 0 saturated heterocycles. The lowest BCUT2D eigenvalue weighted by Crippen LogP contribution is -1.99. The fraction of sp³-hybridized carbons (Fsp3) is 0.611. The number of hydrogen-bond acceptors (Lipinski definition) is 1. The van der Waals surface area contributed by atoms with E-state index in [1.807, 2.05) is 6.92 Å². The molecule has 0 aromatic carbocycles. The zero-order chi connectivity index (χ0) is 15.5. The van der Waals surface area contributed by atoms with Gasteiger partial charge in [-0.05, 0) is 59.8 Å². The van der Waals surface area contributed by atoms with E-state index in [1.54, 1.807) is 6.92 Å². The smallest absolute Gasteiger partial charge is 0.130 e. The van der Waals surface area contributed by atoms with E-state index in [0.29, 0.717) is 6.42 Å². The van der Waals surface area contributed by atoms with Gasteiger partial charge in [0.05, 0.1) is 5.38 Å². The van der Waals surface area contributed by atoms with E-state index in [1.165, 1.54) is 11.1 Å². The molecule has 0 saturated carbocycles. The highest BCUT2D eigenvalue weighted by molar-refractivity contribution is 6.22. The Morgan fingerprint density at radius 1 is 1.00 bits per heavy atom. The van der Waals surface area contributed by atoms with E-state index in [9.17, 15) is 4.79 Å². The van der Waals surface area contributed by atoms with Crippen molar-refractivity contribution in [2.75, 3.05) is 0 Å². The Morgan fingerprint density at radius 3 is 2.00 bits per heavy atom. The van der Waals surface area contributed by atoms with Gasteiger partial charge < -0.3 is 4.79 Å². The minimum Gasteiger partial charge on any atom is -0.300 e. The quantitative estimate of drug-likeness (QED) is 0.357. The maximum Gasteiger partial charge on any atom is 0.130 e. The standard InChI is InChI=1S/C18H29ClO/c1-14(2)18(19)13-12-16(4)9-6-8-15(3)10-7-11-17(5)20/h9-10,18H,1,6-8,11-13H2,2-5H3/b15-10+,16-9+. The molecule has 0 aromatic heterocycles. The van der Waals surface area contributed by atoms with Gasteiger partial charge in [-0.25, -0.2) is 0 Å². The van der Waals surface area contributed by atoms with Gasteiger partial charge in [0.1, 0.15) is 5.78 Å². The number of carbonyl (C=O) groups excluding carboxylic acids is 1. The average Bonchev–Trinajstić information content (AvgIpc) is 2.35. The molecule has 0 N–H and O–H groups in total. The number of rotatable bonds is 10. The molecule has 2 heteroatoms. The number of hydrogen-bond donors (Lipinski definition) is 0. The van der Waals surface area contributed by atoms with Crippen LogP contribution in [0.4, 0.5) is 0 Å². The highest BCUT2D eigenvalue weighted by Crippen LogP contribution is 2.18. The first-order valence-electron chi connectivity index (χ1n) is 7.43. The van der Waals surface area contributed by atoms with Crippen LogP contribution in [0.25, 0.3) is 0 Å². The number of halogens is 1. The number of carbonyl (C=O) groups is 1. The van der Waals surface area contributed by atoms with Crippen LogP contribution in [0.5, 0.6) is 0 Å². The molecular formula is C18H29ClO. The average molecular weight is 297 g/mol. The van der Waals surface area contributed by atoms with Crippen molar-refractivity contribution >= 4 is 17.4 Å². The first kappa shape index (κ1) is 19.2. The van der Waals surface area contributed by atoms with E-state index in [2.05, 4.69) is 32.6 Å². The fourth-order valence-corrected chi connectivity index (χ4v) is 1.98. The van der Waals surface area contributed by atoms with Crippen molar-refractivity contribution < 1.29 is 4.79 Å². The largest absolute Gasteiger partial charge is 0.300 e. The van der Waals surface area contributed by atoms with Crippen LogP contribution in [0.1, 0.15) is 66.2 Å². The van der Waals surface area contributed by atoms with E-state index in [4.69, 9.17) is 11.6 Å². The van der Waals surface area contributed by atoms with Crippen LogP contribution in [-0.4, -0.2) is 11.2 Å². The monoisotopic (exact) mass is 296 g/mol. The van der Waals surface area contributed by atoms with Gasteiger partial charge in [0.2, 0.25) is 0 Å². The first-order chi connectivity index (χ1) is 9.32. The number of alkyl halides is 1. The Balaban J connectivity index is 3.92. The third-order valence-electron chi connectivity index (χ3n) is 3.35. The summed E-state index contributed by atoms with van der Waals surface area (Å²) < 4.78 is 0. The molecule has 0 amide bonds. The molecule has 1 unspecified atom stereocenters. The highest BCUT2D eigenvalue weighted by Gasteiger charge is 2.04. The Kier molecular flexibility index (Phi) is 10.5.